The first kappa shape index (κ1) is 13.5. The van der Waals surface area contributed by atoms with Crippen LogP contribution in [0.2, 0.25) is 0 Å². The summed E-state index contributed by atoms with van der Waals surface area (Å²) >= 11 is 0. The number of rotatable bonds is 3. The van der Waals surface area contributed by atoms with E-state index in [9.17, 15) is 18.0 Å². The Kier molecular flexibility index (Phi) is 4.09. The zero-order valence-electron chi connectivity index (χ0n) is 9.56. The summed E-state index contributed by atoms with van der Waals surface area (Å²) in [4.78, 5) is 15.2. The Bertz CT molecular complexity index is 416. The van der Waals surface area contributed by atoms with Crippen LogP contribution in [0.4, 0.5) is 13.2 Å². The summed E-state index contributed by atoms with van der Waals surface area (Å²) in [5, 5.41) is 2.36. The smallest absolute Gasteiger partial charge is 0.352 e. The van der Waals surface area contributed by atoms with Crippen molar-refractivity contribution in [1.29, 1.82) is 0 Å². The van der Waals surface area contributed by atoms with Crippen LogP contribution in [0.25, 0.3) is 0 Å². The molecule has 0 atom stereocenters. The fourth-order valence-electron chi connectivity index (χ4n) is 1.53. The zero-order valence-corrected chi connectivity index (χ0v) is 9.56. The van der Waals surface area contributed by atoms with Crippen LogP contribution in [-0.4, -0.2) is 17.4 Å². The molecule has 0 aliphatic heterocycles. The Morgan fingerprint density at radius 1 is 1.41 bits per heavy atom. The molecule has 94 valence electrons. The molecule has 0 spiro atoms. The van der Waals surface area contributed by atoms with Crippen molar-refractivity contribution in [1.82, 2.24) is 10.3 Å². The molecule has 0 unspecified atom stereocenters. The third kappa shape index (κ3) is 2.95. The molecule has 0 aromatic carbocycles. The number of nitrogens with zero attached hydrogens (tertiary/aromatic N) is 1. The molecule has 1 aromatic rings. The minimum atomic E-state index is -4.57. The fraction of sp³-hybridized carbons (Fsp3) is 0.455. The second-order valence-electron chi connectivity index (χ2n) is 3.39. The maximum Gasteiger partial charge on any atom is 0.418 e. The summed E-state index contributed by atoms with van der Waals surface area (Å²) in [6, 6.07) is 1.09. The number of aromatic nitrogens is 1. The molecule has 0 saturated heterocycles. The summed E-state index contributed by atoms with van der Waals surface area (Å²) in [5.41, 5.74) is -1.42. The van der Waals surface area contributed by atoms with Gasteiger partial charge in [0, 0.05) is 12.7 Å². The Balaban J connectivity index is 3.35. The average Bonchev–Trinajstić information content (AvgIpc) is 2.27. The number of amides is 1. The van der Waals surface area contributed by atoms with E-state index in [1.165, 1.54) is 6.20 Å². The van der Waals surface area contributed by atoms with Gasteiger partial charge in [-0.3, -0.25) is 9.78 Å². The van der Waals surface area contributed by atoms with Gasteiger partial charge >= 0.3 is 6.18 Å². The molecule has 3 nitrogen and oxygen atoms in total. The molecule has 0 aliphatic carbocycles. The van der Waals surface area contributed by atoms with Gasteiger partial charge in [-0.25, -0.2) is 0 Å². The summed E-state index contributed by atoms with van der Waals surface area (Å²) < 4.78 is 38.6. The van der Waals surface area contributed by atoms with Crippen molar-refractivity contribution >= 4 is 5.91 Å². The lowest BCUT2D eigenvalue weighted by Gasteiger charge is -2.15. The van der Waals surface area contributed by atoms with E-state index in [2.05, 4.69) is 10.3 Å². The van der Waals surface area contributed by atoms with Crippen molar-refractivity contribution in [2.45, 2.75) is 26.4 Å². The molecule has 1 heterocycles. The van der Waals surface area contributed by atoms with E-state index in [1.54, 1.807) is 13.8 Å². The van der Waals surface area contributed by atoms with Crippen LogP contribution in [0.15, 0.2) is 12.3 Å². The van der Waals surface area contributed by atoms with Gasteiger partial charge in [0.1, 0.15) is 0 Å². The number of carbonyl (C=O) groups excluding carboxylic acids is 1. The third-order valence-corrected chi connectivity index (χ3v) is 2.23. The average molecular weight is 246 g/mol. The van der Waals surface area contributed by atoms with Crippen LogP contribution in [0.3, 0.4) is 0 Å². The van der Waals surface area contributed by atoms with Crippen LogP contribution in [0.1, 0.15) is 35.5 Å². The van der Waals surface area contributed by atoms with Gasteiger partial charge in [0.05, 0.1) is 16.8 Å². The number of carbonyl (C=O) groups is 1. The van der Waals surface area contributed by atoms with Gasteiger partial charge in [-0.2, -0.15) is 13.2 Å². The molecule has 6 heteroatoms. The van der Waals surface area contributed by atoms with Gasteiger partial charge in [-0.1, -0.05) is 6.92 Å². The summed E-state index contributed by atoms with van der Waals surface area (Å²) in [6.07, 6.45) is -3.22. The number of aryl methyl sites for hydroxylation is 1. The standard InChI is InChI=1S/C11H13F3N2O/c1-3-8-9(11(12,13)14)7(5-6-16-8)10(17)15-4-2/h5-6H,3-4H2,1-2H3,(H,15,17). The normalized spacial score (nSPS) is 11.4. The second-order valence-corrected chi connectivity index (χ2v) is 3.39. The lowest BCUT2D eigenvalue weighted by Crippen LogP contribution is -2.27. The van der Waals surface area contributed by atoms with Crippen LogP contribution >= 0.6 is 0 Å². The van der Waals surface area contributed by atoms with Crippen molar-refractivity contribution in [3.05, 3.63) is 29.1 Å². The first-order chi connectivity index (χ1) is 7.91. The van der Waals surface area contributed by atoms with E-state index < -0.39 is 17.6 Å². The molecule has 0 aliphatic rings. The van der Waals surface area contributed by atoms with Crippen LogP contribution in [0.5, 0.6) is 0 Å². The number of nitrogens with one attached hydrogen (secondary N) is 1. The Hall–Kier alpha value is -1.59. The molecule has 17 heavy (non-hydrogen) atoms. The largest absolute Gasteiger partial charge is 0.418 e. The second kappa shape index (κ2) is 5.16. The van der Waals surface area contributed by atoms with Gasteiger partial charge in [0.2, 0.25) is 0 Å². The summed E-state index contributed by atoms with van der Waals surface area (Å²) in [7, 11) is 0. The van der Waals surface area contributed by atoms with E-state index >= 15 is 0 Å². The van der Waals surface area contributed by atoms with Gasteiger partial charge in [0.25, 0.3) is 5.91 Å². The van der Waals surface area contributed by atoms with Gasteiger partial charge in [-0.05, 0) is 19.4 Å². The van der Waals surface area contributed by atoms with Crippen LogP contribution < -0.4 is 5.32 Å². The van der Waals surface area contributed by atoms with E-state index in [0.29, 0.717) is 0 Å². The zero-order chi connectivity index (χ0) is 13.1. The lowest BCUT2D eigenvalue weighted by molar-refractivity contribution is -0.138. The first-order valence-electron chi connectivity index (χ1n) is 5.25. The highest BCUT2D eigenvalue weighted by molar-refractivity contribution is 5.96. The molecule has 1 rings (SSSR count). The van der Waals surface area contributed by atoms with E-state index in [1.807, 2.05) is 0 Å². The lowest BCUT2D eigenvalue weighted by atomic mass is 10.0. The van der Waals surface area contributed by atoms with Crippen molar-refractivity contribution < 1.29 is 18.0 Å². The number of hydrogen-bond donors (Lipinski definition) is 1. The minimum absolute atomic E-state index is 0.110. The molecule has 1 aromatic heterocycles. The molecule has 0 bridgehead atoms. The predicted molar refractivity (Wildman–Crippen MR) is 56.6 cm³/mol. The molecule has 0 saturated carbocycles. The van der Waals surface area contributed by atoms with Crippen molar-refractivity contribution in [3.8, 4) is 0 Å². The van der Waals surface area contributed by atoms with Crippen molar-refractivity contribution in [3.63, 3.8) is 0 Å². The molecular weight excluding hydrogens is 233 g/mol. The quantitative estimate of drug-likeness (QED) is 0.889. The molecular formula is C11H13F3N2O. The van der Waals surface area contributed by atoms with E-state index in [-0.39, 0.29) is 24.2 Å². The topological polar surface area (TPSA) is 42.0 Å². The Labute approximate surface area is 97.0 Å². The predicted octanol–water partition coefficient (Wildman–Crippen LogP) is 2.41. The first-order valence-corrected chi connectivity index (χ1v) is 5.25. The number of pyridine rings is 1. The number of hydrogen-bond acceptors (Lipinski definition) is 2. The summed E-state index contributed by atoms with van der Waals surface area (Å²) in [6.45, 7) is 3.49. The molecule has 1 amide bonds. The minimum Gasteiger partial charge on any atom is -0.352 e. The summed E-state index contributed by atoms with van der Waals surface area (Å²) in [5.74, 6) is -0.725. The maximum absolute atomic E-state index is 12.9. The van der Waals surface area contributed by atoms with Crippen LogP contribution in [0, 0.1) is 0 Å². The highest BCUT2D eigenvalue weighted by Gasteiger charge is 2.38. The SMILES string of the molecule is CCNC(=O)c1ccnc(CC)c1C(F)(F)F. The highest BCUT2D eigenvalue weighted by Crippen LogP contribution is 2.34. The maximum atomic E-state index is 12.9. The molecule has 1 N–H and O–H groups in total. The van der Waals surface area contributed by atoms with Gasteiger partial charge < -0.3 is 5.32 Å². The number of alkyl halides is 3. The molecule has 0 radical (unpaired) electrons. The fourth-order valence-corrected chi connectivity index (χ4v) is 1.53. The van der Waals surface area contributed by atoms with E-state index in [0.717, 1.165) is 6.07 Å². The van der Waals surface area contributed by atoms with Crippen molar-refractivity contribution in [2.24, 2.45) is 0 Å². The van der Waals surface area contributed by atoms with Gasteiger partial charge in [0.15, 0.2) is 0 Å². The molecule has 0 fully saturated rings. The monoisotopic (exact) mass is 246 g/mol. The van der Waals surface area contributed by atoms with E-state index in [4.69, 9.17) is 0 Å². The highest BCUT2D eigenvalue weighted by atomic mass is 19.4. The third-order valence-electron chi connectivity index (χ3n) is 2.23. The Morgan fingerprint density at radius 2 is 2.06 bits per heavy atom. The van der Waals surface area contributed by atoms with Crippen LogP contribution in [-0.2, 0) is 12.6 Å². The van der Waals surface area contributed by atoms with Gasteiger partial charge in [-0.15, -0.1) is 0 Å². The van der Waals surface area contributed by atoms with Crippen molar-refractivity contribution in [2.75, 3.05) is 6.54 Å². The number of halogens is 3. The Morgan fingerprint density at radius 3 is 2.53 bits per heavy atom.